The van der Waals surface area contributed by atoms with Crippen molar-refractivity contribution in [2.24, 2.45) is 0 Å². The summed E-state index contributed by atoms with van der Waals surface area (Å²) < 4.78 is 28.4. The maximum Gasteiger partial charge on any atom is 0.243 e. The Morgan fingerprint density at radius 2 is 1.88 bits per heavy atom. The lowest BCUT2D eigenvalue weighted by Crippen LogP contribution is -2.27. The fourth-order valence-corrected chi connectivity index (χ4v) is 3.73. The zero-order valence-corrected chi connectivity index (χ0v) is 16.1. The van der Waals surface area contributed by atoms with Crippen LogP contribution in [0.2, 0.25) is 5.02 Å². The SMILES string of the molecule is CC[C@H](C)c1ccc(S(=O)(=O)N(C)Cc2nn(CC)cc2Cl)cc1. The molecule has 0 spiro atoms. The smallest absolute Gasteiger partial charge is 0.243 e. The van der Waals surface area contributed by atoms with E-state index in [-0.39, 0.29) is 11.4 Å². The summed E-state index contributed by atoms with van der Waals surface area (Å²) >= 11 is 6.13. The first kappa shape index (κ1) is 19.0. The second-order valence-corrected chi connectivity index (χ2v) is 8.37. The van der Waals surface area contributed by atoms with Crippen molar-refractivity contribution < 1.29 is 8.42 Å². The summed E-state index contributed by atoms with van der Waals surface area (Å²) in [5.41, 5.74) is 1.70. The van der Waals surface area contributed by atoms with Crippen LogP contribution in [0.25, 0.3) is 0 Å². The van der Waals surface area contributed by atoms with Crippen molar-refractivity contribution in [1.82, 2.24) is 14.1 Å². The number of rotatable bonds is 7. The topological polar surface area (TPSA) is 55.2 Å². The van der Waals surface area contributed by atoms with E-state index >= 15 is 0 Å². The molecular formula is C17H24ClN3O2S. The predicted molar refractivity (Wildman–Crippen MR) is 96.7 cm³/mol. The fourth-order valence-electron chi connectivity index (χ4n) is 2.39. The number of hydrogen-bond donors (Lipinski definition) is 0. The highest BCUT2D eigenvalue weighted by Crippen LogP contribution is 2.23. The molecule has 24 heavy (non-hydrogen) atoms. The summed E-state index contributed by atoms with van der Waals surface area (Å²) in [4.78, 5) is 0.281. The molecule has 1 atom stereocenters. The van der Waals surface area contributed by atoms with Gasteiger partial charge in [0.2, 0.25) is 10.0 Å². The van der Waals surface area contributed by atoms with Crippen LogP contribution in [0.15, 0.2) is 35.4 Å². The van der Waals surface area contributed by atoms with Gasteiger partial charge in [0, 0.05) is 19.8 Å². The number of halogens is 1. The predicted octanol–water partition coefficient (Wildman–Crippen LogP) is 3.89. The van der Waals surface area contributed by atoms with Gasteiger partial charge in [0.1, 0.15) is 0 Å². The molecule has 0 aliphatic rings. The number of aromatic nitrogens is 2. The monoisotopic (exact) mass is 369 g/mol. The summed E-state index contributed by atoms with van der Waals surface area (Å²) in [6, 6.07) is 7.10. The van der Waals surface area contributed by atoms with E-state index in [1.54, 1.807) is 30.1 Å². The molecule has 7 heteroatoms. The molecule has 0 bridgehead atoms. The third kappa shape index (κ3) is 3.99. The summed E-state index contributed by atoms with van der Waals surface area (Å²) in [7, 11) is -2.03. The van der Waals surface area contributed by atoms with Gasteiger partial charge in [-0.1, -0.05) is 37.6 Å². The van der Waals surface area contributed by atoms with Crippen LogP contribution in [0.4, 0.5) is 0 Å². The Morgan fingerprint density at radius 3 is 2.38 bits per heavy atom. The molecule has 0 radical (unpaired) electrons. The second-order valence-electron chi connectivity index (χ2n) is 5.92. The first-order valence-corrected chi connectivity index (χ1v) is 9.89. The lowest BCUT2D eigenvalue weighted by atomic mass is 9.99. The van der Waals surface area contributed by atoms with Crippen molar-refractivity contribution in [3.63, 3.8) is 0 Å². The van der Waals surface area contributed by atoms with Crippen molar-refractivity contribution >= 4 is 21.6 Å². The summed E-state index contributed by atoms with van der Waals surface area (Å²) in [5.74, 6) is 0.413. The molecule has 2 rings (SSSR count). The van der Waals surface area contributed by atoms with Gasteiger partial charge >= 0.3 is 0 Å². The van der Waals surface area contributed by atoms with E-state index in [0.29, 0.717) is 23.2 Å². The molecule has 0 fully saturated rings. The van der Waals surface area contributed by atoms with Crippen LogP contribution in [0, 0.1) is 0 Å². The summed E-state index contributed by atoms with van der Waals surface area (Å²) in [6.07, 6.45) is 2.73. The summed E-state index contributed by atoms with van der Waals surface area (Å²) in [6.45, 7) is 7.02. The van der Waals surface area contributed by atoms with Crippen molar-refractivity contribution in [2.45, 2.75) is 51.1 Å². The Hall–Kier alpha value is -1.37. The highest BCUT2D eigenvalue weighted by atomic mass is 35.5. The van der Waals surface area contributed by atoms with Crippen LogP contribution in [-0.2, 0) is 23.1 Å². The molecule has 5 nitrogen and oxygen atoms in total. The average Bonchev–Trinajstić information content (AvgIpc) is 2.94. The number of hydrogen-bond acceptors (Lipinski definition) is 3. The molecule has 1 heterocycles. The van der Waals surface area contributed by atoms with E-state index in [1.165, 1.54) is 4.31 Å². The van der Waals surface area contributed by atoms with E-state index in [9.17, 15) is 8.42 Å². The van der Waals surface area contributed by atoms with Gasteiger partial charge in [0.25, 0.3) is 0 Å². The quantitative estimate of drug-likeness (QED) is 0.743. The molecule has 0 aliphatic heterocycles. The Balaban J connectivity index is 2.20. The van der Waals surface area contributed by atoms with E-state index in [1.807, 2.05) is 19.1 Å². The first-order valence-electron chi connectivity index (χ1n) is 8.07. The van der Waals surface area contributed by atoms with E-state index in [4.69, 9.17) is 11.6 Å². The van der Waals surface area contributed by atoms with Gasteiger partial charge in [-0.25, -0.2) is 8.42 Å². The van der Waals surface area contributed by atoms with Gasteiger partial charge in [-0.3, -0.25) is 4.68 Å². The third-order valence-electron chi connectivity index (χ3n) is 4.25. The highest BCUT2D eigenvalue weighted by Gasteiger charge is 2.23. The molecule has 1 aromatic heterocycles. The molecule has 0 amide bonds. The molecule has 2 aromatic rings. The van der Waals surface area contributed by atoms with Crippen LogP contribution in [-0.4, -0.2) is 29.6 Å². The molecule has 0 unspecified atom stereocenters. The minimum Gasteiger partial charge on any atom is -0.271 e. The Kier molecular flexibility index (Phi) is 6.06. The summed E-state index contributed by atoms with van der Waals surface area (Å²) in [5, 5.41) is 4.78. The number of nitrogens with zero attached hydrogens (tertiary/aromatic N) is 3. The molecule has 1 aromatic carbocycles. The maximum absolute atomic E-state index is 12.7. The van der Waals surface area contributed by atoms with E-state index in [0.717, 1.165) is 12.0 Å². The molecule has 0 saturated heterocycles. The van der Waals surface area contributed by atoms with Crippen LogP contribution in [0.5, 0.6) is 0 Å². The third-order valence-corrected chi connectivity index (χ3v) is 6.39. The number of aryl methyl sites for hydroxylation is 1. The normalized spacial score (nSPS) is 13.4. The lowest BCUT2D eigenvalue weighted by molar-refractivity contribution is 0.458. The molecule has 0 saturated carbocycles. The largest absolute Gasteiger partial charge is 0.271 e. The fraction of sp³-hybridized carbons (Fsp3) is 0.471. The van der Waals surface area contributed by atoms with Gasteiger partial charge < -0.3 is 0 Å². The van der Waals surface area contributed by atoms with Crippen molar-refractivity contribution in [2.75, 3.05) is 7.05 Å². The Morgan fingerprint density at radius 1 is 1.25 bits per heavy atom. The highest BCUT2D eigenvalue weighted by molar-refractivity contribution is 7.89. The average molecular weight is 370 g/mol. The van der Waals surface area contributed by atoms with Gasteiger partial charge in [0.15, 0.2) is 0 Å². The number of sulfonamides is 1. The van der Waals surface area contributed by atoms with E-state index in [2.05, 4.69) is 18.9 Å². The Bertz CT molecular complexity index is 785. The first-order chi connectivity index (χ1) is 11.3. The molecule has 0 N–H and O–H groups in total. The van der Waals surface area contributed by atoms with Gasteiger partial charge in [-0.2, -0.15) is 9.40 Å². The van der Waals surface area contributed by atoms with Crippen LogP contribution < -0.4 is 0 Å². The zero-order chi connectivity index (χ0) is 17.9. The second kappa shape index (κ2) is 7.68. The minimum atomic E-state index is -3.58. The van der Waals surface area contributed by atoms with Crippen molar-refractivity contribution in [3.8, 4) is 0 Å². The van der Waals surface area contributed by atoms with Crippen LogP contribution in [0.3, 0.4) is 0 Å². The van der Waals surface area contributed by atoms with Gasteiger partial charge in [0.05, 0.1) is 22.2 Å². The molecular weight excluding hydrogens is 346 g/mol. The van der Waals surface area contributed by atoms with Gasteiger partial charge in [-0.05, 0) is 37.0 Å². The maximum atomic E-state index is 12.7. The van der Waals surface area contributed by atoms with Gasteiger partial charge in [-0.15, -0.1) is 0 Å². The van der Waals surface area contributed by atoms with Crippen LogP contribution >= 0.6 is 11.6 Å². The molecule has 132 valence electrons. The van der Waals surface area contributed by atoms with Crippen molar-refractivity contribution in [3.05, 3.63) is 46.7 Å². The van der Waals surface area contributed by atoms with E-state index < -0.39 is 10.0 Å². The Labute approximate surface area is 149 Å². The minimum absolute atomic E-state index is 0.140. The number of benzene rings is 1. The zero-order valence-electron chi connectivity index (χ0n) is 14.5. The molecule has 0 aliphatic carbocycles. The standard InChI is InChI=1S/C17H24ClN3O2S/c1-5-13(3)14-7-9-15(10-8-14)24(22,23)20(4)12-17-16(18)11-21(6-2)19-17/h7-11,13H,5-6,12H2,1-4H3/t13-/m0/s1. The van der Waals surface area contributed by atoms with Crippen molar-refractivity contribution in [1.29, 1.82) is 0 Å². The van der Waals surface area contributed by atoms with Crippen LogP contribution in [0.1, 0.15) is 44.4 Å². The lowest BCUT2D eigenvalue weighted by Gasteiger charge is -2.17.